The van der Waals surface area contributed by atoms with Crippen LogP contribution in [0.5, 0.6) is 0 Å². The molecular formula is C23H37N3O2. The lowest BCUT2D eigenvalue weighted by Gasteiger charge is -2.26. The van der Waals surface area contributed by atoms with E-state index in [9.17, 15) is 9.59 Å². The summed E-state index contributed by atoms with van der Waals surface area (Å²) in [5, 5.41) is 6.29. The van der Waals surface area contributed by atoms with Gasteiger partial charge in [0.1, 0.15) is 0 Å². The Kier molecular flexibility index (Phi) is 6.10. The minimum atomic E-state index is -0.169. The molecule has 156 valence electrons. The molecule has 0 radical (unpaired) electrons. The number of hydrogen-bond donors (Lipinski definition) is 2. The van der Waals surface area contributed by atoms with E-state index in [-0.39, 0.29) is 40.9 Å². The molecule has 0 aromatic heterocycles. The van der Waals surface area contributed by atoms with E-state index in [2.05, 4.69) is 34.6 Å². The monoisotopic (exact) mass is 387 g/mol. The molecule has 3 fully saturated rings. The SMILES string of the molecule is CCCCNC(=O)[C@H]1[C@H](C(=O)NCCCCN2CCCC2)[C@H]2C=C[C@@H]1C21CC1. The van der Waals surface area contributed by atoms with Crippen LogP contribution in [0, 0.1) is 29.1 Å². The Labute approximate surface area is 169 Å². The van der Waals surface area contributed by atoms with Crippen molar-refractivity contribution in [2.75, 3.05) is 32.7 Å². The number of hydrogen-bond acceptors (Lipinski definition) is 3. The lowest BCUT2D eigenvalue weighted by atomic mass is 9.81. The van der Waals surface area contributed by atoms with E-state index in [4.69, 9.17) is 0 Å². The van der Waals surface area contributed by atoms with E-state index in [0.717, 1.165) is 45.3 Å². The number of allylic oxidation sites excluding steroid dienone is 2. The molecule has 1 saturated heterocycles. The lowest BCUT2D eigenvalue weighted by Crippen LogP contribution is -2.44. The molecule has 5 heteroatoms. The van der Waals surface area contributed by atoms with Gasteiger partial charge in [0.2, 0.25) is 11.8 Å². The fraction of sp³-hybridized carbons (Fsp3) is 0.826. The summed E-state index contributed by atoms with van der Waals surface area (Å²) in [4.78, 5) is 28.5. The highest BCUT2D eigenvalue weighted by molar-refractivity contribution is 5.90. The van der Waals surface area contributed by atoms with Gasteiger partial charge in [0.05, 0.1) is 11.8 Å². The zero-order valence-corrected chi connectivity index (χ0v) is 17.4. The number of nitrogens with zero attached hydrogens (tertiary/aromatic N) is 1. The van der Waals surface area contributed by atoms with E-state index in [0.29, 0.717) is 0 Å². The maximum Gasteiger partial charge on any atom is 0.224 e. The molecule has 5 nitrogen and oxygen atoms in total. The molecular weight excluding hydrogens is 350 g/mol. The van der Waals surface area contributed by atoms with Gasteiger partial charge in [-0.2, -0.15) is 0 Å². The minimum Gasteiger partial charge on any atom is -0.356 e. The molecule has 0 unspecified atom stereocenters. The first-order chi connectivity index (χ1) is 13.7. The van der Waals surface area contributed by atoms with Gasteiger partial charge in [-0.3, -0.25) is 9.59 Å². The molecule has 2 bridgehead atoms. The average molecular weight is 388 g/mol. The van der Waals surface area contributed by atoms with Gasteiger partial charge in [-0.25, -0.2) is 0 Å². The van der Waals surface area contributed by atoms with Gasteiger partial charge in [-0.05, 0) is 81.8 Å². The summed E-state index contributed by atoms with van der Waals surface area (Å²) in [5.74, 6) is 0.413. The van der Waals surface area contributed by atoms with Gasteiger partial charge in [0.25, 0.3) is 0 Å². The highest BCUT2D eigenvalue weighted by Gasteiger charge is 2.69. The first-order valence-electron chi connectivity index (χ1n) is 11.6. The zero-order valence-electron chi connectivity index (χ0n) is 17.4. The highest BCUT2D eigenvalue weighted by Crippen LogP contribution is 2.72. The molecule has 28 heavy (non-hydrogen) atoms. The third kappa shape index (κ3) is 3.74. The second-order valence-corrected chi connectivity index (χ2v) is 9.41. The van der Waals surface area contributed by atoms with Crippen LogP contribution in [0.3, 0.4) is 0 Å². The van der Waals surface area contributed by atoms with E-state index < -0.39 is 0 Å². The van der Waals surface area contributed by atoms with E-state index >= 15 is 0 Å². The number of amides is 2. The second-order valence-electron chi connectivity index (χ2n) is 9.41. The van der Waals surface area contributed by atoms with Crippen molar-refractivity contribution < 1.29 is 9.59 Å². The van der Waals surface area contributed by atoms with Gasteiger partial charge < -0.3 is 15.5 Å². The van der Waals surface area contributed by atoms with Crippen molar-refractivity contribution in [1.29, 1.82) is 0 Å². The quantitative estimate of drug-likeness (QED) is 0.448. The number of carbonyl (C=O) groups is 2. The van der Waals surface area contributed by atoms with Crippen LogP contribution >= 0.6 is 0 Å². The molecule has 2 saturated carbocycles. The minimum absolute atomic E-state index is 0.103. The number of unbranched alkanes of at least 4 members (excludes halogenated alkanes) is 2. The van der Waals surface area contributed by atoms with Crippen LogP contribution in [0.1, 0.15) is 58.3 Å². The Morgan fingerprint density at radius 2 is 1.50 bits per heavy atom. The van der Waals surface area contributed by atoms with Crippen LogP contribution in [0.4, 0.5) is 0 Å². The molecule has 2 amide bonds. The summed E-state index contributed by atoms with van der Waals surface area (Å²) in [6, 6.07) is 0. The third-order valence-electron chi connectivity index (χ3n) is 7.68. The topological polar surface area (TPSA) is 61.4 Å². The summed E-state index contributed by atoms with van der Waals surface area (Å²) in [6.45, 7) is 7.22. The Hall–Kier alpha value is -1.36. The fourth-order valence-corrected chi connectivity index (χ4v) is 6.01. The normalized spacial score (nSPS) is 32.2. The van der Waals surface area contributed by atoms with E-state index in [1.165, 1.54) is 38.8 Å². The summed E-state index contributed by atoms with van der Waals surface area (Å²) in [6.07, 6.45) is 13.7. The Morgan fingerprint density at radius 3 is 2.04 bits per heavy atom. The predicted octanol–water partition coefficient (Wildman–Crippen LogP) is 2.72. The molecule has 0 aromatic rings. The van der Waals surface area contributed by atoms with Crippen LogP contribution < -0.4 is 10.6 Å². The molecule has 3 aliphatic carbocycles. The standard InChI is InChI=1S/C23H37N3O2/c1-2-3-12-24-21(27)19-17-8-9-18(23(17)10-11-23)20(19)22(28)25-13-4-5-14-26-15-6-7-16-26/h8-9,17-20H,2-7,10-16H2,1H3,(H,24,27)(H,25,28)/t17-,18+,19+,20+/m0/s1. The molecule has 4 aliphatic rings. The van der Waals surface area contributed by atoms with Crippen molar-refractivity contribution >= 4 is 11.8 Å². The third-order valence-corrected chi connectivity index (χ3v) is 7.68. The van der Waals surface area contributed by atoms with Crippen LogP contribution in [0.15, 0.2) is 12.2 Å². The number of rotatable bonds is 10. The zero-order chi connectivity index (χ0) is 19.6. The Balaban J connectivity index is 1.30. The summed E-state index contributed by atoms with van der Waals surface area (Å²) in [7, 11) is 0. The predicted molar refractivity (Wildman–Crippen MR) is 111 cm³/mol. The van der Waals surface area contributed by atoms with Gasteiger partial charge >= 0.3 is 0 Å². The van der Waals surface area contributed by atoms with Gasteiger partial charge in [0, 0.05) is 13.1 Å². The molecule has 1 aliphatic heterocycles. The van der Waals surface area contributed by atoms with Crippen LogP contribution in [-0.2, 0) is 9.59 Å². The fourth-order valence-electron chi connectivity index (χ4n) is 6.01. The Bertz CT molecular complexity index is 607. The molecule has 1 heterocycles. The molecule has 4 rings (SSSR count). The first-order valence-corrected chi connectivity index (χ1v) is 11.6. The molecule has 4 atom stereocenters. The van der Waals surface area contributed by atoms with Gasteiger partial charge in [-0.15, -0.1) is 0 Å². The largest absolute Gasteiger partial charge is 0.356 e. The maximum absolute atomic E-state index is 13.1. The van der Waals surface area contributed by atoms with Gasteiger partial charge in [-0.1, -0.05) is 25.5 Å². The second kappa shape index (κ2) is 8.56. The van der Waals surface area contributed by atoms with Crippen molar-refractivity contribution in [2.24, 2.45) is 29.1 Å². The van der Waals surface area contributed by atoms with Crippen LogP contribution in [0.2, 0.25) is 0 Å². The Morgan fingerprint density at radius 1 is 0.929 bits per heavy atom. The van der Waals surface area contributed by atoms with Crippen LogP contribution in [-0.4, -0.2) is 49.4 Å². The number of carbonyl (C=O) groups excluding carboxylic acids is 2. The van der Waals surface area contributed by atoms with Crippen molar-refractivity contribution in [1.82, 2.24) is 15.5 Å². The van der Waals surface area contributed by atoms with Crippen molar-refractivity contribution in [2.45, 2.75) is 58.3 Å². The average Bonchev–Trinajstić information content (AvgIpc) is 3.05. The number of likely N-dealkylation sites (tertiary alicyclic amines) is 1. The maximum atomic E-state index is 13.1. The van der Waals surface area contributed by atoms with Crippen molar-refractivity contribution in [3.63, 3.8) is 0 Å². The summed E-state index contributed by atoms with van der Waals surface area (Å²) >= 11 is 0. The molecule has 1 spiro atoms. The summed E-state index contributed by atoms with van der Waals surface area (Å²) < 4.78 is 0. The highest BCUT2D eigenvalue weighted by atomic mass is 16.2. The van der Waals surface area contributed by atoms with Crippen molar-refractivity contribution in [3.8, 4) is 0 Å². The van der Waals surface area contributed by atoms with Crippen molar-refractivity contribution in [3.05, 3.63) is 12.2 Å². The van der Waals surface area contributed by atoms with E-state index in [1.54, 1.807) is 0 Å². The molecule has 2 N–H and O–H groups in total. The van der Waals surface area contributed by atoms with Crippen LogP contribution in [0.25, 0.3) is 0 Å². The lowest BCUT2D eigenvalue weighted by molar-refractivity contribution is -0.135. The summed E-state index contributed by atoms with van der Waals surface area (Å²) in [5.41, 5.74) is 0.227. The number of nitrogens with one attached hydrogen (secondary N) is 2. The first kappa shape index (κ1) is 19.9. The van der Waals surface area contributed by atoms with E-state index in [1.807, 2.05) is 0 Å². The smallest absolute Gasteiger partial charge is 0.224 e. The molecule has 0 aromatic carbocycles. The van der Waals surface area contributed by atoms with Gasteiger partial charge in [0.15, 0.2) is 0 Å².